The van der Waals surface area contributed by atoms with Crippen molar-refractivity contribution in [1.82, 2.24) is 0 Å². The second kappa shape index (κ2) is 3.99. The van der Waals surface area contributed by atoms with Gasteiger partial charge in [0.05, 0.1) is 5.56 Å². The largest absolute Gasteiger partial charge is 0.298 e. The van der Waals surface area contributed by atoms with Crippen LogP contribution in [0.25, 0.3) is 6.08 Å². The maximum absolute atomic E-state index is 13.0. The highest BCUT2D eigenvalue weighted by Crippen LogP contribution is 2.15. The molecule has 0 aromatic heterocycles. The molecule has 0 unspecified atom stereocenters. The van der Waals surface area contributed by atoms with Crippen molar-refractivity contribution in [2.24, 2.45) is 0 Å². The van der Waals surface area contributed by atoms with Crippen LogP contribution in [0.5, 0.6) is 0 Å². The maximum Gasteiger partial charge on any atom is 0.153 e. The summed E-state index contributed by atoms with van der Waals surface area (Å²) in [6, 6.07) is 2.93. The highest BCUT2D eigenvalue weighted by Gasteiger charge is 2.03. The van der Waals surface area contributed by atoms with Gasteiger partial charge in [-0.3, -0.25) is 4.79 Å². The third-order valence-corrected chi connectivity index (χ3v) is 1.86. The van der Waals surface area contributed by atoms with Crippen LogP contribution in [0.4, 0.5) is 4.39 Å². The molecule has 0 atom stereocenters. The van der Waals surface area contributed by atoms with E-state index in [1.807, 2.05) is 26.0 Å². The molecule has 0 radical (unpaired) electrons. The lowest BCUT2D eigenvalue weighted by Crippen LogP contribution is -1.91. The molecule has 0 spiro atoms. The van der Waals surface area contributed by atoms with E-state index in [1.54, 1.807) is 6.07 Å². The van der Waals surface area contributed by atoms with Gasteiger partial charge in [-0.05, 0) is 37.1 Å². The van der Waals surface area contributed by atoms with Crippen LogP contribution in [0.2, 0.25) is 0 Å². The lowest BCUT2D eigenvalue weighted by Gasteiger charge is -2.02. The van der Waals surface area contributed by atoms with Gasteiger partial charge < -0.3 is 0 Å². The van der Waals surface area contributed by atoms with Crippen LogP contribution in [-0.2, 0) is 0 Å². The van der Waals surface area contributed by atoms with E-state index in [0.717, 1.165) is 11.1 Å². The Morgan fingerprint density at radius 2 is 2.00 bits per heavy atom. The van der Waals surface area contributed by atoms with Crippen molar-refractivity contribution in [3.05, 3.63) is 40.7 Å². The van der Waals surface area contributed by atoms with Gasteiger partial charge in [0.1, 0.15) is 5.82 Å². The fraction of sp³-hybridized carbons (Fsp3) is 0.182. The van der Waals surface area contributed by atoms with Gasteiger partial charge in [0, 0.05) is 0 Å². The van der Waals surface area contributed by atoms with E-state index in [4.69, 9.17) is 0 Å². The fourth-order valence-corrected chi connectivity index (χ4v) is 1.16. The van der Waals surface area contributed by atoms with Gasteiger partial charge >= 0.3 is 0 Å². The zero-order chi connectivity index (χ0) is 9.84. The van der Waals surface area contributed by atoms with Crippen molar-refractivity contribution in [3.8, 4) is 0 Å². The second-order valence-corrected chi connectivity index (χ2v) is 2.85. The minimum atomic E-state index is -0.458. The summed E-state index contributed by atoms with van der Waals surface area (Å²) in [6.45, 7) is 3.69. The zero-order valence-corrected chi connectivity index (χ0v) is 7.67. The predicted octanol–water partition coefficient (Wildman–Crippen LogP) is 2.98. The summed E-state index contributed by atoms with van der Waals surface area (Å²) in [4.78, 5) is 10.4. The Bertz CT molecular complexity index is 353. The minimum absolute atomic E-state index is 0.110. The van der Waals surface area contributed by atoms with Crippen molar-refractivity contribution in [2.75, 3.05) is 0 Å². The first kappa shape index (κ1) is 9.65. The van der Waals surface area contributed by atoms with E-state index in [9.17, 15) is 9.18 Å². The number of allylic oxidation sites excluding steroid dienone is 1. The number of hydrogen-bond donors (Lipinski definition) is 0. The number of halogens is 1. The Labute approximate surface area is 76.9 Å². The molecule has 0 saturated heterocycles. The number of carbonyl (C=O) groups is 1. The van der Waals surface area contributed by atoms with Gasteiger partial charge in [-0.2, -0.15) is 0 Å². The van der Waals surface area contributed by atoms with E-state index >= 15 is 0 Å². The molecule has 1 nitrogen and oxygen atoms in total. The van der Waals surface area contributed by atoms with Crippen molar-refractivity contribution in [2.45, 2.75) is 13.8 Å². The molecular weight excluding hydrogens is 167 g/mol. The lowest BCUT2D eigenvalue weighted by atomic mass is 10.0. The molecule has 2 heteroatoms. The molecule has 0 aliphatic heterocycles. The average Bonchev–Trinajstić information content (AvgIpc) is 2.10. The summed E-state index contributed by atoms with van der Waals surface area (Å²) in [5, 5.41) is 0. The monoisotopic (exact) mass is 178 g/mol. The van der Waals surface area contributed by atoms with Crippen molar-refractivity contribution in [1.29, 1.82) is 0 Å². The lowest BCUT2D eigenvalue weighted by molar-refractivity contribution is 0.112. The van der Waals surface area contributed by atoms with Crippen molar-refractivity contribution < 1.29 is 9.18 Å². The standard InChI is InChI=1S/C11H11FO/c1-3-4-9-6-10(7-13)11(12)5-8(9)2/h3-7H,1-2H3/b4-3+. The van der Waals surface area contributed by atoms with Gasteiger partial charge in [0.25, 0.3) is 0 Å². The second-order valence-electron chi connectivity index (χ2n) is 2.85. The van der Waals surface area contributed by atoms with Crippen LogP contribution in [0.15, 0.2) is 18.2 Å². The first-order chi connectivity index (χ1) is 6.19. The summed E-state index contributed by atoms with van der Waals surface area (Å²) in [5.41, 5.74) is 1.82. The zero-order valence-electron chi connectivity index (χ0n) is 7.67. The molecule has 1 aromatic rings. The molecule has 0 heterocycles. The summed E-state index contributed by atoms with van der Waals surface area (Å²) in [5.74, 6) is -0.458. The molecule has 0 bridgehead atoms. The number of benzene rings is 1. The van der Waals surface area contributed by atoms with Crippen LogP contribution < -0.4 is 0 Å². The van der Waals surface area contributed by atoms with E-state index < -0.39 is 5.82 Å². The quantitative estimate of drug-likeness (QED) is 0.636. The molecule has 0 amide bonds. The Balaban J connectivity index is 3.29. The molecule has 0 aliphatic rings. The summed E-state index contributed by atoms with van der Waals surface area (Å²) in [7, 11) is 0. The van der Waals surface area contributed by atoms with E-state index in [0.29, 0.717) is 6.29 Å². The van der Waals surface area contributed by atoms with Crippen LogP contribution in [0.1, 0.15) is 28.4 Å². The van der Waals surface area contributed by atoms with Crippen LogP contribution in [0.3, 0.4) is 0 Å². The van der Waals surface area contributed by atoms with E-state index in [2.05, 4.69) is 0 Å². The average molecular weight is 178 g/mol. The highest BCUT2D eigenvalue weighted by molar-refractivity contribution is 5.77. The molecule has 0 N–H and O–H groups in total. The van der Waals surface area contributed by atoms with Crippen LogP contribution in [0, 0.1) is 12.7 Å². The minimum Gasteiger partial charge on any atom is -0.298 e. The van der Waals surface area contributed by atoms with E-state index in [-0.39, 0.29) is 5.56 Å². The van der Waals surface area contributed by atoms with Crippen LogP contribution >= 0.6 is 0 Å². The molecule has 13 heavy (non-hydrogen) atoms. The number of aldehydes is 1. The molecule has 0 fully saturated rings. The predicted molar refractivity (Wildman–Crippen MR) is 51.2 cm³/mol. The summed E-state index contributed by atoms with van der Waals surface area (Å²) in [6.07, 6.45) is 4.23. The number of carbonyl (C=O) groups excluding carboxylic acids is 1. The summed E-state index contributed by atoms with van der Waals surface area (Å²) >= 11 is 0. The number of hydrogen-bond acceptors (Lipinski definition) is 1. The molecular formula is C11H11FO. The van der Waals surface area contributed by atoms with Gasteiger partial charge in [-0.1, -0.05) is 12.2 Å². The Kier molecular flexibility index (Phi) is 2.96. The van der Waals surface area contributed by atoms with Gasteiger partial charge in [0.15, 0.2) is 6.29 Å². The Hall–Kier alpha value is -1.44. The molecule has 0 aliphatic carbocycles. The fourth-order valence-electron chi connectivity index (χ4n) is 1.16. The third-order valence-electron chi connectivity index (χ3n) is 1.86. The topological polar surface area (TPSA) is 17.1 Å². The normalized spacial score (nSPS) is 10.7. The van der Waals surface area contributed by atoms with E-state index in [1.165, 1.54) is 6.07 Å². The maximum atomic E-state index is 13.0. The highest BCUT2D eigenvalue weighted by atomic mass is 19.1. The van der Waals surface area contributed by atoms with Crippen molar-refractivity contribution >= 4 is 12.4 Å². The molecule has 68 valence electrons. The molecule has 1 aromatic carbocycles. The van der Waals surface area contributed by atoms with Gasteiger partial charge in [-0.15, -0.1) is 0 Å². The Morgan fingerprint density at radius 3 is 2.54 bits per heavy atom. The number of rotatable bonds is 2. The van der Waals surface area contributed by atoms with Crippen LogP contribution in [-0.4, -0.2) is 6.29 Å². The third kappa shape index (κ3) is 2.02. The first-order valence-electron chi connectivity index (χ1n) is 4.07. The molecule has 1 rings (SSSR count). The van der Waals surface area contributed by atoms with Crippen molar-refractivity contribution in [3.63, 3.8) is 0 Å². The summed E-state index contributed by atoms with van der Waals surface area (Å²) < 4.78 is 13.0. The van der Waals surface area contributed by atoms with Gasteiger partial charge in [0.2, 0.25) is 0 Å². The number of aryl methyl sites for hydroxylation is 1. The smallest absolute Gasteiger partial charge is 0.153 e. The Morgan fingerprint density at radius 1 is 1.31 bits per heavy atom. The SMILES string of the molecule is C/C=C/c1cc(C=O)c(F)cc1C. The molecule has 0 saturated carbocycles. The van der Waals surface area contributed by atoms with Gasteiger partial charge in [-0.25, -0.2) is 4.39 Å². The first-order valence-corrected chi connectivity index (χ1v) is 4.07.